The van der Waals surface area contributed by atoms with Crippen LogP contribution < -0.4 is 0 Å². The van der Waals surface area contributed by atoms with Gasteiger partial charge in [-0.1, -0.05) is 60.7 Å². The van der Waals surface area contributed by atoms with E-state index < -0.39 is 12.3 Å². The molecule has 2 aromatic carbocycles. The number of hydrogen-bond donors (Lipinski definition) is 1. The van der Waals surface area contributed by atoms with E-state index in [9.17, 15) is 9.90 Å². The van der Waals surface area contributed by atoms with E-state index in [1.807, 2.05) is 60.7 Å². The zero-order valence-corrected chi connectivity index (χ0v) is 12.3. The highest BCUT2D eigenvalue weighted by Crippen LogP contribution is 2.23. The summed E-state index contributed by atoms with van der Waals surface area (Å²) in [5, 5.41) is 10.3. The van der Waals surface area contributed by atoms with Crippen molar-refractivity contribution in [3.8, 4) is 0 Å². The summed E-state index contributed by atoms with van der Waals surface area (Å²) in [5.41, 5.74) is 2.03. The summed E-state index contributed by atoms with van der Waals surface area (Å²) in [5.74, 6) is -0.0746. The summed E-state index contributed by atoms with van der Waals surface area (Å²) in [4.78, 5) is 13.6. The largest absolute Gasteiger partial charge is 0.371 e. The molecule has 2 aromatic rings. The molecule has 1 amide bonds. The van der Waals surface area contributed by atoms with Gasteiger partial charge in [-0.15, -0.1) is 0 Å². The second-order valence-electron chi connectivity index (χ2n) is 5.46. The van der Waals surface area contributed by atoms with Gasteiger partial charge in [0.05, 0.1) is 13.0 Å². The minimum absolute atomic E-state index is 0.0746. The smallest absolute Gasteiger partial charge is 0.227 e. The first-order valence-corrected chi connectivity index (χ1v) is 7.41. The number of carbonyl (C=O) groups is 1. The lowest BCUT2D eigenvalue weighted by Crippen LogP contribution is -2.37. The third-order valence-corrected chi connectivity index (χ3v) is 3.85. The maximum atomic E-state index is 12.1. The predicted octanol–water partition coefficient (Wildman–Crippen LogP) is 2.32. The number of likely N-dealkylation sites (tertiary alicyclic amines) is 1. The molecular weight excluding hydrogens is 278 g/mol. The van der Waals surface area contributed by atoms with Crippen molar-refractivity contribution >= 4 is 5.91 Å². The van der Waals surface area contributed by atoms with Crippen LogP contribution >= 0.6 is 0 Å². The Morgan fingerprint density at radius 3 is 2.23 bits per heavy atom. The molecule has 1 fully saturated rings. The van der Waals surface area contributed by atoms with Crippen LogP contribution in [0.2, 0.25) is 0 Å². The van der Waals surface area contributed by atoms with Gasteiger partial charge in [0, 0.05) is 6.54 Å². The minimum Gasteiger partial charge on any atom is -0.371 e. The number of carbonyl (C=O) groups excluding carboxylic acids is 1. The van der Waals surface area contributed by atoms with Gasteiger partial charge in [-0.25, -0.2) is 0 Å². The third-order valence-electron chi connectivity index (χ3n) is 3.85. The molecule has 0 aromatic heterocycles. The summed E-state index contributed by atoms with van der Waals surface area (Å²) in [6.07, 6.45) is -1.14. The van der Waals surface area contributed by atoms with Gasteiger partial charge >= 0.3 is 0 Å². The van der Waals surface area contributed by atoms with Crippen LogP contribution in [-0.4, -0.2) is 28.2 Å². The lowest BCUT2D eigenvalue weighted by Gasteiger charge is -2.23. The Morgan fingerprint density at radius 1 is 1.00 bits per heavy atom. The fraction of sp³-hybridized carbons (Fsp3) is 0.278. The Labute approximate surface area is 130 Å². The molecule has 0 aliphatic carbocycles. The molecule has 1 N–H and O–H groups in total. The lowest BCUT2D eigenvalue weighted by atomic mass is 10.2. The molecule has 4 heteroatoms. The maximum absolute atomic E-state index is 12.1. The molecule has 22 heavy (non-hydrogen) atoms. The van der Waals surface area contributed by atoms with Gasteiger partial charge in [-0.05, 0) is 11.1 Å². The highest BCUT2D eigenvalue weighted by Gasteiger charge is 2.39. The van der Waals surface area contributed by atoms with Crippen LogP contribution in [0.1, 0.15) is 17.5 Å². The first-order valence-electron chi connectivity index (χ1n) is 7.41. The Balaban J connectivity index is 1.60. The second-order valence-corrected chi connectivity index (χ2v) is 5.46. The summed E-state index contributed by atoms with van der Waals surface area (Å²) >= 11 is 0. The molecule has 114 valence electrons. The average Bonchev–Trinajstić information content (AvgIpc) is 2.82. The Morgan fingerprint density at radius 2 is 1.59 bits per heavy atom. The Hall–Kier alpha value is -2.17. The highest BCUT2D eigenvalue weighted by molar-refractivity contribution is 5.79. The fourth-order valence-electron chi connectivity index (χ4n) is 2.63. The zero-order valence-electron chi connectivity index (χ0n) is 12.3. The molecule has 1 aliphatic heterocycles. The molecule has 0 spiro atoms. The van der Waals surface area contributed by atoms with Crippen LogP contribution in [0, 0.1) is 0 Å². The third kappa shape index (κ3) is 3.35. The van der Waals surface area contributed by atoms with Crippen LogP contribution in [0.25, 0.3) is 0 Å². The quantitative estimate of drug-likeness (QED) is 0.921. The predicted molar refractivity (Wildman–Crippen MR) is 82.6 cm³/mol. The van der Waals surface area contributed by atoms with Crippen molar-refractivity contribution in [1.82, 2.24) is 4.90 Å². The molecule has 3 rings (SSSR count). The Kier molecular flexibility index (Phi) is 4.51. The van der Waals surface area contributed by atoms with Crippen molar-refractivity contribution in [2.75, 3.05) is 0 Å². The molecule has 1 aliphatic rings. The standard InChI is InChI=1S/C18H19NO3/c20-17-11-16(22-13-15-9-5-2-6-10-15)18(21)19(17)12-14-7-3-1-4-8-14/h1-10,16,18,21H,11-13H2/t16-,18-/m0/s1. The van der Waals surface area contributed by atoms with Gasteiger partial charge in [0.2, 0.25) is 5.91 Å². The average molecular weight is 297 g/mol. The molecule has 0 radical (unpaired) electrons. The van der Waals surface area contributed by atoms with Crippen molar-refractivity contribution < 1.29 is 14.6 Å². The normalized spacial score (nSPS) is 21.3. The van der Waals surface area contributed by atoms with Crippen LogP contribution in [0.15, 0.2) is 60.7 Å². The van der Waals surface area contributed by atoms with Gasteiger partial charge in [0.15, 0.2) is 6.23 Å². The number of amides is 1. The first-order chi connectivity index (χ1) is 10.7. The number of aliphatic hydroxyl groups is 1. The molecule has 0 unspecified atom stereocenters. The van der Waals surface area contributed by atoms with E-state index in [0.717, 1.165) is 11.1 Å². The number of nitrogens with zero attached hydrogens (tertiary/aromatic N) is 1. The molecule has 1 heterocycles. The molecular formula is C18H19NO3. The molecule has 2 atom stereocenters. The fourth-order valence-corrected chi connectivity index (χ4v) is 2.63. The monoisotopic (exact) mass is 297 g/mol. The summed E-state index contributed by atoms with van der Waals surface area (Å²) in [7, 11) is 0. The van der Waals surface area contributed by atoms with Gasteiger partial charge in [0.1, 0.15) is 6.10 Å². The molecule has 1 saturated heterocycles. The summed E-state index contributed by atoms with van der Waals surface area (Å²) in [6, 6.07) is 19.4. The number of aliphatic hydroxyl groups excluding tert-OH is 1. The first kappa shape index (κ1) is 14.8. The van der Waals surface area contributed by atoms with Crippen molar-refractivity contribution in [3.05, 3.63) is 71.8 Å². The lowest BCUT2D eigenvalue weighted by molar-refractivity contribution is -0.135. The number of ether oxygens (including phenoxy) is 1. The number of benzene rings is 2. The summed E-state index contributed by atoms with van der Waals surface area (Å²) in [6.45, 7) is 0.807. The van der Waals surface area contributed by atoms with E-state index in [1.54, 1.807) is 0 Å². The van der Waals surface area contributed by atoms with Crippen molar-refractivity contribution in [1.29, 1.82) is 0 Å². The van der Waals surface area contributed by atoms with E-state index in [-0.39, 0.29) is 12.3 Å². The van der Waals surface area contributed by atoms with Crippen LogP contribution in [0.4, 0.5) is 0 Å². The topological polar surface area (TPSA) is 49.8 Å². The van der Waals surface area contributed by atoms with Crippen LogP contribution in [0.3, 0.4) is 0 Å². The Bertz CT molecular complexity index is 615. The van der Waals surface area contributed by atoms with Crippen molar-refractivity contribution in [2.45, 2.75) is 31.9 Å². The number of hydrogen-bond acceptors (Lipinski definition) is 3. The van der Waals surface area contributed by atoms with Crippen LogP contribution in [0.5, 0.6) is 0 Å². The minimum atomic E-state index is -0.892. The summed E-state index contributed by atoms with van der Waals surface area (Å²) < 4.78 is 5.73. The van der Waals surface area contributed by atoms with Crippen molar-refractivity contribution in [2.24, 2.45) is 0 Å². The maximum Gasteiger partial charge on any atom is 0.227 e. The second kappa shape index (κ2) is 6.73. The van der Waals surface area contributed by atoms with Gasteiger partial charge in [-0.2, -0.15) is 0 Å². The van der Waals surface area contributed by atoms with E-state index in [0.29, 0.717) is 13.2 Å². The van der Waals surface area contributed by atoms with Crippen LogP contribution in [-0.2, 0) is 22.7 Å². The van der Waals surface area contributed by atoms with E-state index in [2.05, 4.69) is 0 Å². The number of rotatable bonds is 5. The SMILES string of the molecule is O=C1C[C@H](OCc2ccccc2)[C@H](O)N1Cc1ccccc1. The molecule has 4 nitrogen and oxygen atoms in total. The van der Waals surface area contributed by atoms with E-state index >= 15 is 0 Å². The van der Waals surface area contributed by atoms with Crippen molar-refractivity contribution in [3.63, 3.8) is 0 Å². The zero-order chi connectivity index (χ0) is 15.4. The van der Waals surface area contributed by atoms with Gasteiger partial charge < -0.3 is 14.7 Å². The molecule has 0 saturated carbocycles. The van der Waals surface area contributed by atoms with E-state index in [4.69, 9.17) is 4.74 Å². The molecule has 0 bridgehead atoms. The highest BCUT2D eigenvalue weighted by atomic mass is 16.5. The van der Waals surface area contributed by atoms with Gasteiger partial charge in [-0.3, -0.25) is 4.79 Å². The van der Waals surface area contributed by atoms with Gasteiger partial charge in [0.25, 0.3) is 0 Å². The van der Waals surface area contributed by atoms with E-state index in [1.165, 1.54) is 4.90 Å².